The van der Waals surface area contributed by atoms with Crippen molar-refractivity contribution in [2.75, 3.05) is 20.8 Å². The third-order valence-corrected chi connectivity index (χ3v) is 8.76. The first kappa shape index (κ1) is 22.7. The van der Waals surface area contributed by atoms with E-state index in [1.165, 1.54) is 48.8 Å². The van der Waals surface area contributed by atoms with E-state index in [-0.39, 0.29) is 5.41 Å². The van der Waals surface area contributed by atoms with E-state index in [2.05, 4.69) is 55.5 Å². The van der Waals surface area contributed by atoms with Gasteiger partial charge < -0.3 is 14.2 Å². The third-order valence-electron chi connectivity index (χ3n) is 8.76. The Morgan fingerprint density at radius 1 is 0.970 bits per heavy atom. The van der Waals surface area contributed by atoms with Gasteiger partial charge in [-0.3, -0.25) is 0 Å². The van der Waals surface area contributed by atoms with Crippen LogP contribution in [0.1, 0.15) is 68.6 Å². The molecule has 1 fully saturated rings. The average Bonchev–Trinajstić information content (AvgIpc) is 3.23. The van der Waals surface area contributed by atoms with Gasteiger partial charge in [0.15, 0.2) is 0 Å². The van der Waals surface area contributed by atoms with Crippen molar-refractivity contribution in [3.63, 3.8) is 0 Å². The minimum atomic E-state index is 0.158. The van der Waals surface area contributed by atoms with Crippen LogP contribution in [0.5, 0.6) is 5.75 Å². The van der Waals surface area contributed by atoms with Gasteiger partial charge in [-0.2, -0.15) is 0 Å². The summed E-state index contributed by atoms with van der Waals surface area (Å²) in [7, 11) is 3.66. The van der Waals surface area contributed by atoms with Crippen molar-refractivity contribution in [2.24, 2.45) is 5.41 Å². The van der Waals surface area contributed by atoms with E-state index < -0.39 is 0 Å². The number of hydrogen-bond acceptors (Lipinski definition) is 3. The molecule has 3 heteroatoms. The van der Waals surface area contributed by atoms with Crippen LogP contribution >= 0.6 is 0 Å². The standard InChI is InChI=1S/C30H38O3/c1-29-15-16-30(14-7-17-33-21-22-8-5-4-6-9-22)20-25(32-3)19-28(30)27(29)12-10-23-18-24(31-2)11-13-26(23)29/h4-6,8-9,11,13,18,25H,7,10,12,14-17,19-21H2,1-3H3/t25-,29-,30-/m0/s1. The molecule has 0 radical (unpaired) electrons. The number of benzene rings is 2. The lowest BCUT2D eigenvalue weighted by Gasteiger charge is -2.49. The van der Waals surface area contributed by atoms with Crippen molar-refractivity contribution < 1.29 is 14.2 Å². The molecule has 3 aliphatic carbocycles. The number of rotatable bonds is 8. The summed E-state index contributed by atoms with van der Waals surface area (Å²) >= 11 is 0. The van der Waals surface area contributed by atoms with Crippen molar-refractivity contribution in [1.82, 2.24) is 0 Å². The molecule has 0 unspecified atom stereocenters. The maximum atomic E-state index is 6.04. The SMILES string of the molecule is COc1ccc2c(c1)CCC1=C3C[C@H](OC)C[C@]3(CCCOCc3ccccc3)CC[C@]12C. The molecule has 0 spiro atoms. The predicted molar refractivity (Wildman–Crippen MR) is 133 cm³/mol. The Balaban J connectivity index is 1.35. The molecule has 3 aliphatic rings. The summed E-state index contributed by atoms with van der Waals surface area (Å²) in [5, 5.41) is 0. The number of ether oxygens (including phenoxy) is 3. The zero-order chi connectivity index (χ0) is 22.9. The highest BCUT2D eigenvalue weighted by atomic mass is 16.5. The maximum Gasteiger partial charge on any atom is 0.119 e. The quantitative estimate of drug-likeness (QED) is 0.330. The second-order valence-corrected chi connectivity index (χ2v) is 10.5. The van der Waals surface area contributed by atoms with E-state index in [9.17, 15) is 0 Å². The van der Waals surface area contributed by atoms with Gasteiger partial charge in [-0.25, -0.2) is 0 Å². The summed E-state index contributed by atoms with van der Waals surface area (Å²) in [6.45, 7) is 4.03. The van der Waals surface area contributed by atoms with Crippen LogP contribution in [0.15, 0.2) is 59.7 Å². The summed E-state index contributed by atoms with van der Waals surface area (Å²) < 4.78 is 17.5. The molecular weight excluding hydrogens is 408 g/mol. The smallest absolute Gasteiger partial charge is 0.119 e. The Morgan fingerprint density at radius 2 is 1.82 bits per heavy atom. The summed E-state index contributed by atoms with van der Waals surface area (Å²) in [6.07, 6.45) is 9.75. The first-order valence-corrected chi connectivity index (χ1v) is 12.6. The molecule has 0 aliphatic heterocycles. The van der Waals surface area contributed by atoms with E-state index in [0.29, 0.717) is 18.1 Å². The summed E-state index contributed by atoms with van der Waals surface area (Å²) in [5.41, 5.74) is 8.16. The third kappa shape index (κ3) is 4.15. The van der Waals surface area contributed by atoms with Gasteiger partial charge in [-0.1, -0.05) is 54.5 Å². The molecule has 0 N–H and O–H groups in total. The molecule has 2 aromatic carbocycles. The molecule has 5 rings (SSSR count). The first-order chi connectivity index (χ1) is 16.1. The molecule has 0 aromatic heterocycles. The van der Waals surface area contributed by atoms with E-state index in [1.54, 1.807) is 18.3 Å². The first-order valence-electron chi connectivity index (χ1n) is 12.6. The van der Waals surface area contributed by atoms with Crippen LogP contribution in [0.2, 0.25) is 0 Å². The number of methoxy groups -OCH3 is 2. The van der Waals surface area contributed by atoms with Gasteiger partial charge >= 0.3 is 0 Å². The minimum Gasteiger partial charge on any atom is -0.497 e. The van der Waals surface area contributed by atoms with E-state index in [1.807, 2.05) is 7.11 Å². The summed E-state index contributed by atoms with van der Waals surface area (Å²) in [4.78, 5) is 0. The monoisotopic (exact) mass is 446 g/mol. The van der Waals surface area contributed by atoms with Gasteiger partial charge in [0.25, 0.3) is 0 Å². The van der Waals surface area contributed by atoms with Gasteiger partial charge in [0.2, 0.25) is 0 Å². The molecule has 3 atom stereocenters. The molecule has 1 saturated carbocycles. The molecule has 33 heavy (non-hydrogen) atoms. The molecule has 0 amide bonds. The zero-order valence-electron chi connectivity index (χ0n) is 20.5. The molecule has 3 nitrogen and oxygen atoms in total. The largest absolute Gasteiger partial charge is 0.497 e. The fraction of sp³-hybridized carbons (Fsp3) is 0.533. The number of allylic oxidation sites excluding steroid dienone is 1. The lowest BCUT2D eigenvalue weighted by Crippen LogP contribution is -2.39. The molecule has 176 valence electrons. The summed E-state index contributed by atoms with van der Waals surface area (Å²) in [5.74, 6) is 0.981. The van der Waals surface area contributed by atoms with Crippen molar-refractivity contribution in [3.05, 3.63) is 76.4 Å². The van der Waals surface area contributed by atoms with Crippen molar-refractivity contribution >= 4 is 0 Å². The molecule has 0 heterocycles. The zero-order valence-corrected chi connectivity index (χ0v) is 20.5. The van der Waals surface area contributed by atoms with Gasteiger partial charge in [-0.15, -0.1) is 0 Å². The second-order valence-electron chi connectivity index (χ2n) is 10.5. The average molecular weight is 447 g/mol. The Labute approximate surface area is 199 Å². The van der Waals surface area contributed by atoms with Gasteiger partial charge in [-0.05, 0) is 85.6 Å². The number of hydrogen-bond donors (Lipinski definition) is 0. The number of aryl methyl sites for hydroxylation is 1. The van der Waals surface area contributed by atoms with E-state index in [4.69, 9.17) is 14.2 Å². The predicted octanol–water partition coefficient (Wildman–Crippen LogP) is 6.78. The van der Waals surface area contributed by atoms with Crippen LogP contribution in [0.25, 0.3) is 0 Å². The molecule has 0 saturated heterocycles. The van der Waals surface area contributed by atoms with Crippen LogP contribution in [0.4, 0.5) is 0 Å². The fourth-order valence-corrected chi connectivity index (χ4v) is 6.99. The topological polar surface area (TPSA) is 27.7 Å². The lowest BCUT2D eigenvalue weighted by molar-refractivity contribution is 0.0788. The highest BCUT2D eigenvalue weighted by molar-refractivity contribution is 5.52. The Hall–Kier alpha value is -2.10. The lowest BCUT2D eigenvalue weighted by atomic mass is 9.55. The van der Waals surface area contributed by atoms with Gasteiger partial charge in [0.1, 0.15) is 5.75 Å². The van der Waals surface area contributed by atoms with Gasteiger partial charge in [0.05, 0.1) is 19.8 Å². The van der Waals surface area contributed by atoms with Crippen LogP contribution in [-0.4, -0.2) is 26.9 Å². The maximum absolute atomic E-state index is 6.04. The Bertz CT molecular complexity index is 1010. The molecule has 0 bridgehead atoms. The van der Waals surface area contributed by atoms with Crippen LogP contribution in [0.3, 0.4) is 0 Å². The van der Waals surface area contributed by atoms with Crippen LogP contribution in [-0.2, 0) is 27.9 Å². The second kappa shape index (κ2) is 9.27. The van der Waals surface area contributed by atoms with Crippen molar-refractivity contribution in [3.8, 4) is 5.75 Å². The van der Waals surface area contributed by atoms with E-state index >= 15 is 0 Å². The van der Waals surface area contributed by atoms with Crippen LogP contribution in [0, 0.1) is 5.41 Å². The van der Waals surface area contributed by atoms with E-state index in [0.717, 1.165) is 31.6 Å². The molecule has 2 aromatic rings. The summed E-state index contributed by atoms with van der Waals surface area (Å²) in [6, 6.07) is 17.2. The minimum absolute atomic E-state index is 0.158. The molecular formula is C30H38O3. The van der Waals surface area contributed by atoms with Crippen molar-refractivity contribution in [2.45, 2.75) is 76.4 Å². The Morgan fingerprint density at radius 3 is 2.61 bits per heavy atom. The normalized spacial score (nSPS) is 28.3. The van der Waals surface area contributed by atoms with Crippen molar-refractivity contribution in [1.29, 1.82) is 0 Å². The van der Waals surface area contributed by atoms with Crippen LogP contribution < -0.4 is 4.74 Å². The fourth-order valence-electron chi connectivity index (χ4n) is 6.99. The highest BCUT2D eigenvalue weighted by Gasteiger charge is 2.52. The number of fused-ring (bicyclic) bond motifs is 4. The van der Waals surface area contributed by atoms with Gasteiger partial charge in [0, 0.05) is 19.1 Å². The highest BCUT2D eigenvalue weighted by Crippen LogP contribution is 2.62. The Kier molecular flexibility index (Phi) is 6.37.